The minimum atomic E-state index is 0.0226. The number of hydrogen-bond donors (Lipinski definition) is 0. The van der Waals surface area contributed by atoms with Crippen LogP contribution in [0.15, 0.2) is 12.4 Å². The molecule has 3 nitrogen and oxygen atoms in total. The summed E-state index contributed by atoms with van der Waals surface area (Å²) in [5.41, 5.74) is 0.978. The first kappa shape index (κ1) is 11.5. The van der Waals surface area contributed by atoms with Crippen molar-refractivity contribution >= 4 is 0 Å². The van der Waals surface area contributed by atoms with E-state index in [-0.39, 0.29) is 5.41 Å². The average Bonchev–Trinajstić information content (AvgIpc) is 2.18. The minimum Gasteiger partial charge on any atom is -0.463 e. The van der Waals surface area contributed by atoms with Crippen LogP contribution in [0.5, 0.6) is 5.88 Å². The van der Waals surface area contributed by atoms with E-state index in [4.69, 9.17) is 4.74 Å². The maximum Gasteiger partial charge on any atom is 0.233 e. The molecule has 0 fully saturated rings. The van der Waals surface area contributed by atoms with Gasteiger partial charge in [-0.05, 0) is 6.92 Å². The van der Waals surface area contributed by atoms with Gasteiger partial charge in [-0.15, -0.1) is 5.92 Å². The standard InChI is InChI=1S/C12H16N2O/c1-5-6-7-15-11-9-13-10(8-14-11)12(2,3)4/h8-9H,7H2,1-4H3. The van der Waals surface area contributed by atoms with Gasteiger partial charge in [-0.1, -0.05) is 26.7 Å². The molecule has 0 aliphatic rings. The minimum absolute atomic E-state index is 0.0226. The predicted molar refractivity (Wildman–Crippen MR) is 59.7 cm³/mol. The number of aromatic nitrogens is 2. The molecule has 0 spiro atoms. The van der Waals surface area contributed by atoms with Gasteiger partial charge in [0, 0.05) is 5.41 Å². The average molecular weight is 204 g/mol. The molecular weight excluding hydrogens is 188 g/mol. The SMILES string of the molecule is CC#CCOc1cnc(C(C)(C)C)cn1. The molecule has 0 aliphatic carbocycles. The second-order valence-corrected chi connectivity index (χ2v) is 4.21. The second kappa shape index (κ2) is 4.79. The zero-order chi connectivity index (χ0) is 11.3. The fourth-order valence-corrected chi connectivity index (χ4v) is 0.960. The quantitative estimate of drug-likeness (QED) is 0.692. The normalized spacial score (nSPS) is 10.4. The number of hydrogen-bond acceptors (Lipinski definition) is 3. The summed E-state index contributed by atoms with van der Waals surface area (Å²) in [6, 6.07) is 0. The lowest BCUT2D eigenvalue weighted by atomic mass is 9.93. The topological polar surface area (TPSA) is 35.0 Å². The van der Waals surface area contributed by atoms with Crippen molar-refractivity contribution in [1.29, 1.82) is 0 Å². The van der Waals surface area contributed by atoms with Gasteiger partial charge in [0.25, 0.3) is 0 Å². The van der Waals surface area contributed by atoms with Crippen molar-refractivity contribution in [1.82, 2.24) is 9.97 Å². The van der Waals surface area contributed by atoms with Crippen molar-refractivity contribution in [3.8, 4) is 17.7 Å². The Balaban J connectivity index is 2.67. The van der Waals surface area contributed by atoms with Crippen molar-refractivity contribution in [3.05, 3.63) is 18.1 Å². The molecule has 0 aromatic carbocycles. The third kappa shape index (κ3) is 3.59. The van der Waals surface area contributed by atoms with Gasteiger partial charge in [0.2, 0.25) is 5.88 Å². The summed E-state index contributed by atoms with van der Waals surface area (Å²) < 4.78 is 5.27. The van der Waals surface area contributed by atoms with Gasteiger partial charge in [0.05, 0.1) is 18.1 Å². The van der Waals surface area contributed by atoms with Crippen molar-refractivity contribution in [2.45, 2.75) is 33.1 Å². The molecule has 1 aromatic heterocycles. The first-order valence-corrected chi connectivity index (χ1v) is 4.89. The highest BCUT2D eigenvalue weighted by Crippen LogP contribution is 2.19. The Morgan fingerprint density at radius 1 is 1.27 bits per heavy atom. The summed E-state index contributed by atoms with van der Waals surface area (Å²) in [6.45, 7) is 8.43. The molecule has 0 unspecified atom stereocenters. The van der Waals surface area contributed by atoms with E-state index in [1.165, 1.54) is 0 Å². The fraction of sp³-hybridized carbons (Fsp3) is 0.500. The molecule has 0 amide bonds. The Morgan fingerprint density at radius 3 is 2.47 bits per heavy atom. The maximum absolute atomic E-state index is 5.27. The third-order valence-corrected chi connectivity index (χ3v) is 1.87. The molecular formula is C12H16N2O. The Bertz CT molecular complexity index is 365. The van der Waals surface area contributed by atoms with Crippen LogP contribution in [-0.2, 0) is 5.41 Å². The Labute approximate surface area is 90.9 Å². The summed E-state index contributed by atoms with van der Waals surface area (Å²) in [5.74, 6) is 6.07. The highest BCUT2D eigenvalue weighted by atomic mass is 16.5. The molecule has 0 saturated heterocycles. The molecule has 1 aromatic rings. The molecule has 15 heavy (non-hydrogen) atoms. The molecule has 1 rings (SSSR count). The van der Waals surface area contributed by atoms with Crippen LogP contribution in [0.3, 0.4) is 0 Å². The van der Waals surface area contributed by atoms with Crippen LogP contribution < -0.4 is 4.74 Å². The molecule has 0 N–H and O–H groups in total. The van der Waals surface area contributed by atoms with Crippen LogP contribution in [0, 0.1) is 11.8 Å². The maximum atomic E-state index is 5.27. The molecule has 0 aliphatic heterocycles. The van der Waals surface area contributed by atoms with Gasteiger partial charge < -0.3 is 4.74 Å². The number of nitrogens with zero attached hydrogens (tertiary/aromatic N) is 2. The van der Waals surface area contributed by atoms with E-state index in [1.54, 1.807) is 19.3 Å². The van der Waals surface area contributed by atoms with Gasteiger partial charge in [0.15, 0.2) is 6.61 Å². The second-order valence-electron chi connectivity index (χ2n) is 4.21. The zero-order valence-electron chi connectivity index (χ0n) is 9.66. The highest BCUT2D eigenvalue weighted by molar-refractivity contribution is 5.14. The van der Waals surface area contributed by atoms with Gasteiger partial charge >= 0.3 is 0 Å². The summed E-state index contributed by atoms with van der Waals surface area (Å²) in [7, 11) is 0. The zero-order valence-corrected chi connectivity index (χ0v) is 9.66. The summed E-state index contributed by atoms with van der Waals surface area (Å²) in [5, 5.41) is 0. The van der Waals surface area contributed by atoms with Crippen molar-refractivity contribution in [2.24, 2.45) is 0 Å². The van der Waals surface area contributed by atoms with Crippen LogP contribution in [0.25, 0.3) is 0 Å². The Hall–Kier alpha value is -1.56. The van der Waals surface area contributed by atoms with E-state index in [0.29, 0.717) is 12.5 Å². The van der Waals surface area contributed by atoms with E-state index in [9.17, 15) is 0 Å². The lowest BCUT2D eigenvalue weighted by molar-refractivity contribution is 0.352. The summed E-state index contributed by atoms with van der Waals surface area (Å²) in [4.78, 5) is 8.46. The van der Waals surface area contributed by atoms with E-state index in [2.05, 4.69) is 42.6 Å². The fourth-order valence-electron chi connectivity index (χ4n) is 0.960. The van der Waals surface area contributed by atoms with Crippen LogP contribution in [0.2, 0.25) is 0 Å². The first-order valence-electron chi connectivity index (χ1n) is 4.89. The molecule has 0 saturated carbocycles. The van der Waals surface area contributed by atoms with Crippen LogP contribution in [0.1, 0.15) is 33.4 Å². The Kier molecular flexibility index (Phi) is 3.68. The molecule has 80 valence electrons. The van der Waals surface area contributed by atoms with E-state index < -0.39 is 0 Å². The monoisotopic (exact) mass is 204 g/mol. The van der Waals surface area contributed by atoms with Gasteiger partial charge in [-0.25, -0.2) is 4.98 Å². The van der Waals surface area contributed by atoms with Gasteiger partial charge in [-0.2, -0.15) is 0 Å². The highest BCUT2D eigenvalue weighted by Gasteiger charge is 2.15. The van der Waals surface area contributed by atoms with Crippen LogP contribution >= 0.6 is 0 Å². The summed E-state index contributed by atoms with van der Waals surface area (Å²) in [6.07, 6.45) is 3.38. The summed E-state index contributed by atoms with van der Waals surface area (Å²) >= 11 is 0. The van der Waals surface area contributed by atoms with Crippen molar-refractivity contribution < 1.29 is 4.74 Å². The number of rotatable bonds is 2. The molecule has 0 bridgehead atoms. The van der Waals surface area contributed by atoms with E-state index in [1.807, 2.05) is 0 Å². The molecule has 3 heteroatoms. The van der Waals surface area contributed by atoms with Gasteiger partial charge in [-0.3, -0.25) is 4.98 Å². The predicted octanol–water partition coefficient (Wildman–Crippen LogP) is 2.18. The van der Waals surface area contributed by atoms with Crippen molar-refractivity contribution in [2.75, 3.05) is 6.61 Å². The lowest BCUT2D eigenvalue weighted by Gasteiger charge is -2.16. The van der Waals surface area contributed by atoms with E-state index >= 15 is 0 Å². The van der Waals surface area contributed by atoms with E-state index in [0.717, 1.165) is 5.69 Å². The van der Waals surface area contributed by atoms with Crippen molar-refractivity contribution in [3.63, 3.8) is 0 Å². The largest absolute Gasteiger partial charge is 0.463 e. The Morgan fingerprint density at radius 2 is 2.00 bits per heavy atom. The van der Waals surface area contributed by atoms with Gasteiger partial charge in [0.1, 0.15) is 0 Å². The third-order valence-electron chi connectivity index (χ3n) is 1.87. The van der Waals surface area contributed by atoms with Crippen LogP contribution in [-0.4, -0.2) is 16.6 Å². The number of ether oxygens (including phenoxy) is 1. The smallest absolute Gasteiger partial charge is 0.233 e. The molecule has 0 radical (unpaired) electrons. The molecule has 0 atom stereocenters. The van der Waals surface area contributed by atoms with Crippen LogP contribution in [0.4, 0.5) is 0 Å². The first-order chi connectivity index (χ1) is 7.04. The lowest BCUT2D eigenvalue weighted by Crippen LogP contribution is -2.13. The molecule has 1 heterocycles.